The Balaban J connectivity index is 1.99. The summed E-state index contributed by atoms with van der Waals surface area (Å²) in [6.07, 6.45) is 4.08. The van der Waals surface area contributed by atoms with E-state index in [1.165, 1.54) is 41.5 Å². The van der Waals surface area contributed by atoms with Crippen molar-refractivity contribution < 1.29 is 0 Å². The van der Waals surface area contributed by atoms with E-state index in [1.54, 1.807) is 0 Å². The Morgan fingerprint density at radius 3 is 2.71 bits per heavy atom. The molecule has 0 radical (unpaired) electrons. The Labute approximate surface area is 118 Å². The average molecular weight is 344 g/mol. The maximum Gasteiger partial charge on any atom is 0.0327 e. The van der Waals surface area contributed by atoms with Crippen LogP contribution in [0.3, 0.4) is 0 Å². The molecule has 1 aromatic rings. The molecule has 1 aromatic carbocycles. The summed E-state index contributed by atoms with van der Waals surface area (Å²) >= 11 is 2.34. The quantitative estimate of drug-likeness (QED) is 0.632. The third-order valence-corrected chi connectivity index (χ3v) is 3.76. The summed E-state index contributed by atoms with van der Waals surface area (Å²) in [6.45, 7) is 5.76. The highest BCUT2D eigenvalue weighted by molar-refractivity contribution is 14.1. The number of halogens is 1. The molecular formula is C14H21IN2. The fraction of sp³-hybridized carbons (Fsp3) is 0.571. The molecular weight excluding hydrogens is 323 g/mol. The molecule has 2 nitrogen and oxygen atoms in total. The lowest BCUT2D eigenvalue weighted by Crippen LogP contribution is -2.26. The van der Waals surface area contributed by atoms with E-state index in [0.29, 0.717) is 0 Å². The fourth-order valence-electron chi connectivity index (χ4n) is 2.24. The second kappa shape index (κ2) is 6.05. The zero-order chi connectivity index (χ0) is 12.3. The van der Waals surface area contributed by atoms with Gasteiger partial charge in [-0.3, -0.25) is 4.90 Å². The lowest BCUT2D eigenvalue weighted by molar-refractivity contribution is 0.255. The number of hydrogen-bond acceptors (Lipinski definition) is 2. The van der Waals surface area contributed by atoms with Gasteiger partial charge in [0.2, 0.25) is 0 Å². The molecule has 1 aliphatic rings. The van der Waals surface area contributed by atoms with Crippen molar-refractivity contribution >= 4 is 28.3 Å². The predicted molar refractivity (Wildman–Crippen MR) is 81.9 cm³/mol. The maximum absolute atomic E-state index is 5.90. The van der Waals surface area contributed by atoms with E-state index >= 15 is 0 Å². The van der Waals surface area contributed by atoms with E-state index in [2.05, 4.69) is 46.5 Å². The second-order valence-corrected chi connectivity index (χ2v) is 6.32. The van der Waals surface area contributed by atoms with Crippen molar-refractivity contribution in [1.82, 2.24) is 4.90 Å². The predicted octanol–water partition coefficient (Wildman–Crippen LogP) is 3.50. The van der Waals surface area contributed by atoms with Crippen molar-refractivity contribution in [3.8, 4) is 0 Å². The number of anilines is 1. The number of nitrogens with zero attached hydrogens (tertiary/aromatic N) is 1. The van der Waals surface area contributed by atoms with Crippen LogP contribution in [-0.4, -0.2) is 18.0 Å². The van der Waals surface area contributed by atoms with Gasteiger partial charge in [0.1, 0.15) is 0 Å². The van der Waals surface area contributed by atoms with Crippen LogP contribution in [0.4, 0.5) is 5.69 Å². The van der Waals surface area contributed by atoms with E-state index < -0.39 is 0 Å². The van der Waals surface area contributed by atoms with Crippen molar-refractivity contribution in [2.45, 2.75) is 32.7 Å². The standard InChI is InChI=1S/C14H21IN2/c1-2-5-17(9-11-3-4-11)10-12-6-13(15)8-14(16)7-12/h6-8,11H,2-5,9-10,16H2,1H3. The molecule has 17 heavy (non-hydrogen) atoms. The molecule has 0 unspecified atom stereocenters. The van der Waals surface area contributed by atoms with Gasteiger partial charge in [0.05, 0.1) is 0 Å². The Hall–Kier alpha value is -0.290. The lowest BCUT2D eigenvalue weighted by Gasteiger charge is -2.21. The van der Waals surface area contributed by atoms with Crippen LogP contribution in [-0.2, 0) is 6.54 Å². The third kappa shape index (κ3) is 4.47. The molecule has 0 spiro atoms. The van der Waals surface area contributed by atoms with Crippen molar-refractivity contribution in [3.05, 3.63) is 27.3 Å². The first-order chi connectivity index (χ1) is 8.17. The molecule has 1 aliphatic carbocycles. The molecule has 0 aromatic heterocycles. The van der Waals surface area contributed by atoms with Crippen LogP contribution in [0.15, 0.2) is 18.2 Å². The van der Waals surface area contributed by atoms with Gasteiger partial charge in [-0.25, -0.2) is 0 Å². The fourth-order valence-corrected chi connectivity index (χ4v) is 3.00. The first kappa shape index (κ1) is 13.1. The molecule has 2 rings (SSSR count). The van der Waals surface area contributed by atoms with Crippen molar-refractivity contribution in [2.75, 3.05) is 18.8 Å². The Morgan fingerprint density at radius 1 is 1.35 bits per heavy atom. The van der Waals surface area contributed by atoms with Crippen LogP contribution < -0.4 is 5.73 Å². The largest absolute Gasteiger partial charge is 0.399 e. The smallest absolute Gasteiger partial charge is 0.0327 e. The SMILES string of the molecule is CCCN(Cc1cc(N)cc(I)c1)CC1CC1. The van der Waals surface area contributed by atoms with Crippen molar-refractivity contribution in [2.24, 2.45) is 5.92 Å². The highest BCUT2D eigenvalue weighted by Crippen LogP contribution is 2.30. The number of rotatable bonds is 6. The minimum atomic E-state index is 0.884. The van der Waals surface area contributed by atoms with E-state index in [1.807, 2.05) is 6.07 Å². The number of hydrogen-bond donors (Lipinski definition) is 1. The molecule has 0 saturated heterocycles. The normalized spacial score (nSPS) is 15.5. The molecule has 0 heterocycles. The summed E-state index contributed by atoms with van der Waals surface area (Å²) in [5, 5.41) is 0. The van der Waals surface area contributed by atoms with Gasteiger partial charge in [0.15, 0.2) is 0 Å². The summed E-state index contributed by atoms with van der Waals surface area (Å²) in [6, 6.07) is 6.37. The van der Waals surface area contributed by atoms with Gasteiger partial charge >= 0.3 is 0 Å². The number of nitrogens with two attached hydrogens (primary N) is 1. The number of benzene rings is 1. The van der Waals surface area contributed by atoms with E-state index in [0.717, 1.165) is 18.2 Å². The minimum absolute atomic E-state index is 0.884. The molecule has 0 bridgehead atoms. The minimum Gasteiger partial charge on any atom is -0.399 e. The highest BCUT2D eigenvalue weighted by atomic mass is 127. The van der Waals surface area contributed by atoms with Gasteiger partial charge in [-0.15, -0.1) is 0 Å². The van der Waals surface area contributed by atoms with Crippen LogP contribution in [0.2, 0.25) is 0 Å². The second-order valence-electron chi connectivity index (χ2n) is 5.07. The molecule has 94 valence electrons. The van der Waals surface area contributed by atoms with Gasteiger partial charge in [0.25, 0.3) is 0 Å². The number of nitrogen functional groups attached to an aromatic ring is 1. The Bertz CT molecular complexity index is 354. The summed E-state index contributed by atoms with van der Waals surface area (Å²) in [4.78, 5) is 2.57. The lowest BCUT2D eigenvalue weighted by atomic mass is 10.2. The van der Waals surface area contributed by atoms with Crippen molar-refractivity contribution in [3.63, 3.8) is 0 Å². The summed E-state index contributed by atoms with van der Waals surface area (Å²) in [7, 11) is 0. The first-order valence-electron chi connectivity index (χ1n) is 6.44. The molecule has 1 fully saturated rings. The molecule has 0 aliphatic heterocycles. The molecule has 3 heteroatoms. The van der Waals surface area contributed by atoms with Crippen LogP contribution >= 0.6 is 22.6 Å². The van der Waals surface area contributed by atoms with E-state index in [-0.39, 0.29) is 0 Å². The van der Waals surface area contributed by atoms with Gasteiger partial charge in [-0.05, 0) is 78.1 Å². The van der Waals surface area contributed by atoms with Gasteiger partial charge in [-0.2, -0.15) is 0 Å². The van der Waals surface area contributed by atoms with Gasteiger partial charge < -0.3 is 5.73 Å². The van der Waals surface area contributed by atoms with Crippen LogP contribution in [0.5, 0.6) is 0 Å². The van der Waals surface area contributed by atoms with E-state index in [4.69, 9.17) is 5.73 Å². The van der Waals surface area contributed by atoms with E-state index in [9.17, 15) is 0 Å². The molecule has 0 atom stereocenters. The molecule has 2 N–H and O–H groups in total. The zero-order valence-corrected chi connectivity index (χ0v) is 12.6. The Kier molecular flexibility index (Phi) is 4.68. The Morgan fingerprint density at radius 2 is 2.12 bits per heavy atom. The maximum atomic E-state index is 5.90. The summed E-state index contributed by atoms with van der Waals surface area (Å²) < 4.78 is 1.24. The molecule has 1 saturated carbocycles. The van der Waals surface area contributed by atoms with Crippen LogP contribution in [0, 0.1) is 9.49 Å². The zero-order valence-electron chi connectivity index (χ0n) is 10.5. The third-order valence-electron chi connectivity index (χ3n) is 3.14. The summed E-state index contributed by atoms with van der Waals surface area (Å²) in [5.74, 6) is 0.960. The monoisotopic (exact) mass is 344 g/mol. The average Bonchev–Trinajstić information content (AvgIpc) is 3.00. The molecule has 0 amide bonds. The first-order valence-corrected chi connectivity index (χ1v) is 7.52. The summed E-state index contributed by atoms with van der Waals surface area (Å²) in [5.41, 5.74) is 8.13. The van der Waals surface area contributed by atoms with Crippen LogP contribution in [0.25, 0.3) is 0 Å². The highest BCUT2D eigenvalue weighted by Gasteiger charge is 2.23. The van der Waals surface area contributed by atoms with Gasteiger partial charge in [0, 0.05) is 22.3 Å². The van der Waals surface area contributed by atoms with Gasteiger partial charge in [-0.1, -0.05) is 6.92 Å². The topological polar surface area (TPSA) is 29.3 Å². The van der Waals surface area contributed by atoms with Crippen LogP contribution in [0.1, 0.15) is 31.7 Å². The van der Waals surface area contributed by atoms with Crippen molar-refractivity contribution in [1.29, 1.82) is 0 Å².